The zero-order valence-corrected chi connectivity index (χ0v) is 13.3. The number of carbonyl (C=O) groups excluding carboxylic acids is 1. The molecule has 6 nitrogen and oxygen atoms in total. The third-order valence-corrected chi connectivity index (χ3v) is 3.08. The van der Waals surface area contributed by atoms with Crippen LogP contribution in [-0.2, 0) is 0 Å². The Morgan fingerprint density at radius 1 is 1.23 bits per heavy atom. The van der Waals surface area contributed by atoms with E-state index in [-0.39, 0.29) is 11.9 Å². The van der Waals surface area contributed by atoms with Gasteiger partial charge in [-0.3, -0.25) is 4.79 Å². The number of carbonyl (C=O) groups is 1. The first-order valence-corrected chi connectivity index (χ1v) is 7.12. The van der Waals surface area contributed by atoms with Crippen molar-refractivity contribution in [2.45, 2.75) is 19.9 Å². The van der Waals surface area contributed by atoms with E-state index in [4.69, 9.17) is 16.3 Å². The summed E-state index contributed by atoms with van der Waals surface area (Å²) in [6, 6.07) is 8.56. The minimum atomic E-state index is -0.218. The van der Waals surface area contributed by atoms with Crippen LogP contribution < -0.4 is 15.4 Å². The van der Waals surface area contributed by atoms with E-state index in [1.54, 1.807) is 30.3 Å². The molecule has 0 fully saturated rings. The number of rotatable bonds is 5. The maximum atomic E-state index is 12.1. The highest BCUT2D eigenvalue weighted by molar-refractivity contribution is 6.34. The topological polar surface area (TPSA) is 76.1 Å². The number of halogens is 1. The predicted molar refractivity (Wildman–Crippen MR) is 85.9 cm³/mol. The summed E-state index contributed by atoms with van der Waals surface area (Å²) in [5.41, 5.74) is 1.10. The molecule has 0 bridgehead atoms. The van der Waals surface area contributed by atoms with Gasteiger partial charge < -0.3 is 15.4 Å². The molecule has 0 unspecified atom stereocenters. The van der Waals surface area contributed by atoms with Crippen molar-refractivity contribution < 1.29 is 9.53 Å². The zero-order chi connectivity index (χ0) is 16.1. The second-order valence-electron chi connectivity index (χ2n) is 4.91. The number of nitrogens with one attached hydrogen (secondary N) is 2. The van der Waals surface area contributed by atoms with E-state index in [1.807, 2.05) is 13.8 Å². The van der Waals surface area contributed by atoms with E-state index in [1.165, 1.54) is 7.11 Å². The molecular weight excluding hydrogens is 304 g/mol. The third-order valence-electron chi connectivity index (χ3n) is 2.75. The second kappa shape index (κ2) is 7.09. The lowest BCUT2D eigenvalue weighted by atomic mass is 10.1. The van der Waals surface area contributed by atoms with Gasteiger partial charge in [0.15, 0.2) is 5.82 Å². The van der Waals surface area contributed by atoms with E-state index in [0.717, 1.165) is 0 Å². The van der Waals surface area contributed by atoms with Crippen LogP contribution in [0.15, 0.2) is 30.3 Å². The van der Waals surface area contributed by atoms with Crippen molar-refractivity contribution in [1.29, 1.82) is 0 Å². The standard InChI is InChI=1S/C15H17ClN4O2/c1-9(2)17-15(21)11-8-10(4-5-12(11)16)18-13-6-7-14(22-3)20-19-13/h4-9H,1-3H3,(H,17,21)(H,18,19). The number of aromatic nitrogens is 2. The Kier molecular flexibility index (Phi) is 5.16. The van der Waals surface area contributed by atoms with Crippen LogP contribution in [0.1, 0.15) is 24.2 Å². The largest absolute Gasteiger partial charge is 0.480 e. The van der Waals surface area contributed by atoms with Crippen LogP contribution in [0.4, 0.5) is 11.5 Å². The summed E-state index contributed by atoms with van der Waals surface area (Å²) >= 11 is 6.08. The molecule has 22 heavy (non-hydrogen) atoms. The molecule has 0 aliphatic rings. The summed E-state index contributed by atoms with van der Waals surface area (Å²) in [5.74, 6) is 0.751. The quantitative estimate of drug-likeness (QED) is 0.885. The summed E-state index contributed by atoms with van der Waals surface area (Å²) in [7, 11) is 1.52. The van der Waals surface area contributed by atoms with Gasteiger partial charge >= 0.3 is 0 Å². The fraction of sp³-hybridized carbons (Fsp3) is 0.267. The van der Waals surface area contributed by atoms with Crippen molar-refractivity contribution in [3.05, 3.63) is 40.9 Å². The number of anilines is 2. The first kappa shape index (κ1) is 16.0. The zero-order valence-electron chi connectivity index (χ0n) is 12.6. The van der Waals surface area contributed by atoms with Gasteiger partial charge in [0.25, 0.3) is 5.91 Å². The van der Waals surface area contributed by atoms with E-state index in [2.05, 4.69) is 20.8 Å². The molecule has 1 aromatic carbocycles. The van der Waals surface area contributed by atoms with Gasteiger partial charge in [-0.15, -0.1) is 10.2 Å². The fourth-order valence-electron chi connectivity index (χ4n) is 1.76. The number of hydrogen-bond donors (Lipinski definition) is 2. The fourth-order valence-corrected chi connectivity index (χ4v) is 1.96. The number of hydrogen-bond acceptors (Lipinski definition) is 5. The van der Waals surface area contributed by atoms with Gasteiger partial charge in [-0.05, 0) is 38.1 Å². The summed E-state index contributed by atoms with van der Waals surface area (Å²) < 4.78 is 4.95. The summed E-state index contributed by atoms with van der Waals surface area (Å²) in [6.07, 6.45) is 0. The van der Waals surface area contributed by atoms with Crippen molar-refractivity contribution in [2.24, 2.45) is 0 Å². The Balaban J connectivity index is 2.19. The maximum Gasteiger partial charge on any atom is 0.253 e. The van der Waals surface area contributed by atoms with Gasteiger partial charge in [0.05, 0.1) is 17.7 Å². The van der Waals surface area contributed by atoms with Crippen LogP contribution in [-0.4, -0.2) is 29.3 Å². The molecule has 0 spiro atoms. The molecule has 0 aliphatic heterocycles. The van der Waals surface area contributed by atoms with Crippen LogP contribution in [0.25, 0.3) is 0 Å². The van der Waals surface area contributed by atoms with Gasteiger partial charge in [0.1, 0.15) is 0 Å². The van der Waals surface area contributed by atoms with Gasteiger partial charge in [0.2, 0.25) is 5.88 Å². The molecule has 1 amide bonds. The molecule has 2 N–H and O–H groups in total. The minimum absolute atomic E-state index is 0.0348. The molecule has 1 aromatic heterocycles. The Morgan fingerprint density at radius 3 is 2.59 bits per heavy atom. The monoisotopic (exact) mass is 320 g/mol. The van der Waals surface area contributed by atoms with Crippen LogP contribution in [0.3, 0.4) is 0 Å². The molecule has 116 valence electrons. The average molecular weight is 321 g/mol. The van der Waals surface area contributed by atoms with Crippen LogP contribution in [0.5, 0.6) is 5.88 Å². The lowest BCUT2D eigenvalue weighted by Gasteiger charge is -2.12. The van der Waals surface area contributed by atoms with Crippen molar-refractivity contribution in [3.8, 4) is 5.88 Å². The van der Waals surface area contributed by atoms with Crippen molar-refractivity contribution in [2.75, 3.05) is 12.4 Å². The van der Waals surface area contributed by atoms with Crippen LogP contribution >= 0.6 is 11.6 Å². The second-order valence-corrected chi connectivity index (χ2v) is 5.32. The highest BCUT2D eigenvalue weighted by Crippen LogP contribution is 2.23. The molecule has 0 saturated carbocycles. The third kappa shape index (κ3) is 4.08. The minimum Gasteiger partial charge on any atom is -0.480 e. The van der Waals surface area contributed by atoms with Crippen LogP contribution in [0, 0.1) is 0 Å². The van der Waals surface area contributed by atoms with Crippen LogP contribution in [0.2, 0.25) is 5.02 Å². The highest BCUT2D eigenvalue weighted by Gasteiger charge is 2.12. The lowest BCUT2D eigenvalue weighted by Crippen LogP contribution is -2.30. The summed E-state index contributed by atoms with van der Waals surface area (Å²) in [5, 5.41) is 14.1. The lowest BCUT2D eigenvalue weighted by molar-refractivity contribution is 0.0943. The average Bonchev–Trinajstić information content (AvgIpc) is 2.49. The SMILES string of the molecule is COc1ccc(Nc2ccc(Cl)c(C(=O)NC(C)C)c2)nn1. The first-order chi connectivity index (χ1) is 10.5. The maximum absolute atomic E-state index is 12.1. The van der Waals surface area contributed by atoms with Crippen molar-refractivity contribution in [1.82, 2.24) is 15.5 Å². The van der Waals surface area contributed by atoms with Gasteiger partial charge in [-0.2, -0.15) is 0 Å². The molecule has 1 heterocycles. The van der Waals surface area contributed by atoms with E-state index in [9.17, 15) is 4.79 Å². The van der Waals surface area contributed by atoms with E-state index in [0.29, 0.717) is 28.0 Å². The van der Waals surface area contributed by atoms with Crippen molar-refractivity contribution in [3.63, 3.8) is 0 Å². The molecule has 0 aliphatic carbocycles. The summed E-state index contributed by atoms with van der Waals surface area (Å²) in [6.45, 7) is 3.78. The van der Waals surface area contributed by atoms with E-state index >= 15 is 0 Å². The van der Waals surface area contributed by atoms with Gasteiger partial charge in [0, 0.05) is 17.8 Å². The number of ether oxygens (including phenoxy) is 1. The molecule has 0 saturated heterocycles. The van der Waals surface area contributed by atoms with Crippen molar-refractivity contribution >= 4 is 29.0 Å². The number of benzene rings is 1. The molecular formula is C15H17ClN4O2. The summed E-state index contributed by atoms with van der Waals surface area (Å²) in [4.78, 5) is 12.1. The first-order valence-electron chi connectivity index (χ1n) is 6.74. The van der Waals surface area contributed by atoms with Gasteiger partial charge in [-0.25, -0.2) is 0 Å². The molecule has 2 aromatic rings. The number of amides is 1. The Labute approximate surface area is 133 Å². The molecule has 2 rings (SSSR count). The Hall–Kier alpha value is -2.34. The Morgan fingerprint density at radius 2 is 2.00 bits per heavy atom. The van der Waals surface area contributed by atoms with Gasteiger partial charge in [-0.1, -0.05) is 11.6 Å². The normalized spacial score (nSPS) is 10.4. The number of methoxy groups -OCH3 is 1. The molecule has 7 heteroatoms. The van der Waals surface area contributed by atoms with E-state index < -0.39 is 0 Å². The molecule has 0 radical (unpaired) electrons. The smallest absolute Gasteiger partial charge is 0.253 e. The Bertz CT molecular complexity index is 659. The predicted octanol–water partition coefficient (Wildman–Crippen LogP) is 3.02. The highest BCUT2D eigenvalue weighted by atomic mass is 35.5. The molecule has 0 atom stereocenters. The number of nitrogens with zero attached hydrogens (tertiary/aromatic N) is 2.